The Morgan fingerprint density at radius 2 is 1.74 bits per heavy atom. The van der Waals surface area contributed by atoms with Crippen molar-refractivity contribution in [2.24, 2.45) is 0 Å². The van der Waals surface area contributed by atoms with Crippen molar-refractivity contribution in [3.8, 4) is 22.6 Å². The van der Waals surface area contributed by atoms with Crippen molar-refractivity contribution < 1.29 is 18.7 Å². The van der Waals surface area contributed by atoms with Crippen molar-refractivity contribution in [2.45, 2.75) is 19.8 Å². The molecule has 0 atom stereocenters. The molecule has 5 rings (SSSR count). The Morgan fingerprint density at radius 1 is 1.03 bits per heavy atom. The number of aromatic amines is 1. The Hall–Kier alpha value is -4.27. The largest absolute Gasteiger partial charge is 0.496 e. The van der Waals surface area contributed by atoms with E-state index in [-0.39, 0.29) is 17.6 Å². The van der Waals surface area contributed by atoms with Crippen molar-refractivity contribution in [3.05, 3.63) is 65.7 Å². The smallest absolute Gasteiger partial charge is 0.270 e. The lowest BCUT2D eigenvalue weighted by molar-refractivity contribution is 0.0741. The van der Waals surface area contributed by atoms with Gasteiger partial charge in [-0.2, -0.15) is 0 Å². The zero-order valence-electron chi connectivity index (χ0n) is 23.0. The first-order valence-corrected chi connectivity index (χ1v) is 13.1. The summed E-state index contributed by atoms with van der Waals surface area (Å²) >= 11 is 0. The van der Waals surface area contributed by atoms with Gasteiger partial charge in [0.2, 0.25) is 0 Å². The molecule has 0 bridgehead atoms. The predicted molar refractivity (Wildman–Crippen MR) is 153 cm³/mol. The van der Waals surface area contributed by atoms with Crippen molar-refractivity contribution in [3.63, 3.8) is 0 Å². The minimum absolute atomic E-state index is 0.0360. The Bertz CT molecular complexity index is 1510. The fourth-order valence-corrected chi connectivity index (χ4v) is 5.16. The van der Waals surface area contributed by atoms with Gasteiger partial charge in [0.05, 0.1) is 31.6 Å². The molecule has 0 unspecified atom stereocenters. The number of piperazine rings is 1. The van der Waals surface area contributed by atoms with E-state index < -0.39 is 0 Å². The summed E-state index contributed by atoms with van der Waals surface area (Å²) in [4.78, 5) is 25.2. The molecule has 2 aromatic carbocycles. The third-order valence-electron chi connectivity index (χ3n) is 7.34. The summed E-state index contributed by atoms with van der Waals surface area (Å²) in [5.41, 5.74) is 3.83. The van der Waals surface area contributed by atoms with Crippen LogP contribution in [0.3, 0.4) is 0 Å². The normalized spacial score (nSPS) is 13.7. The van der Waals surface area contributed by atoms with Crippen LogP contribution in [-0.2, 0) is 0 Å². The number of fused-ring (bicyclic) bond motifs is 1. The third-order valence-corrected chi connectivity index (χ3v) is 7.34. The van der Waals surface area contributed by atoms with Crippen LogP contribution in [0.4, 0.5) is 15.9 Å². The maximum Gasteiger partial charge on any atom is 0.270 e. The molecular formula is C30H34FN5O3. The van der Waals surface area contributed by atoms with Gasteiger partial charge < -0.3 is 29.6 Å². The molecule has 0 saturated carbocycles. The van der Waals surface area contributed by atoms with E-state index in [9.17, 15) is 4.79 Å². The Kier molecular flexibility index (Phi) is 7.32. The summed E-state index contributed by atoms with van der Waals surface area (Å²) in [6.07, 6.45) is 1.76. The van der Waals surface area contributed by atoms with E-state index in [0.717, 1.165) is 22.6 Å². The molecule has 1 aliphatic heterocycles. The number of halogens is 1. The molecule has 3 heterocycles. The number of para-hydroxylation sites is 1. The van der Waals surface area contributed by atoms with Crippen LogP contribution in [0.1, 0.15) is 35.8 Å². The first-order valence-electron chi connectivity index (χ1n) is 13.1. The molecule has 0 aliphatic carbocycles. The molecule has 1 aliphatic rings. The number of amides is 1. The van der Waals surface area contributed by atoms with E-state index in [1.54, 1.807) is 31.4 Å². The molecule has 0 radical (unpaired) electrons. The Labute approximate surface area is 227 Å². The molecular weight excluding hydrogens is 497 g/mol. The average molecular weight is 532 g/mol. The highest BCUT2D eigenvalue weighted by molar-refractivity contribution is 6.04. The highest BCUT2D eigenvalue weighted by Crippen LogP contribution is 2.39. The number of carbonyl (C=O) groups is 1. The van der Waals surface area contributed by atoms with E-state index >= 15 is 4.39 Å². The molecule has 1 fully saturated rings. The number of ether oxygens (including phenoxy) is 2. The van der Waals surface area contributed by atoms with Crippen molar-refractivity contribution in [1.29, 1.82) is 0 Å². The van der Waals surface area contributed by atoms with Crippen molar-refractivity contribution in [1.82, 2.24) is 14.9 Å². The van der Waals surface area contributed by atoms with Gasteiger partial charge in [0.25, 0.3) is 5.91 Å². The van der Waals surface area contributed by atoms with E-state index in [1.807, 2.05) is 57.3 Å². The first kappa shape index (κ1) is 26.3. The summed E-state index contributed by atoms with van der Waals surface area (Å²) in [7, 11) is 5.08. The van der Waals surface area contributed by atoms with Gasteiger partial charge in [-0.3, -0.25) is 4.79 Å². The maximum absolute atomic E-state index is 15.7. The van der Waals surface area contributed by atoms with E-state index in [1.165, 1.54) is 0 Å². The molecule has 204 valence electrons. The van der Waals surface area contributed by atoms with Crippen LogP contribution in [-0.4, -0.2) is 68.2 Å². The number of anilines is 2. The molecule has 0 spiro atoms. The quantitative estimate of drug-likeness (QED) is 0.327. The van der Waals surface area contributed by atoms with E-state index in [0.29, 0.717) is 59.8 Å². The van der Waals surface area contributed by atoms with Crippen LogP contribution < -0.4 is 19.7 Å². The summed E-state index contributed by atoms with van der Waals surface area (Å²) in [5.74, 6) is 1.60. The fourth-order valence-electron chi connectivity index (χ4n) is 5.16. The number of hydrogen-bond acceptors (Lipinski definition) is 6. The van der Waals surface area contributed by atoms with Gasteiger partial charge in [-0.1, -0.05) is 32.0 Å². The highest BCUT2D eigenvalue weighted by atomic mass is 19.1. The summed E-state index contributed by atoms with van der Waals surface area (Å²) in [6, 6.07) is 13.2. The number of nitrogens with zero attached hydrogens (tertiary/aromatic N) is 3. The molecule has 2 aromatic heterocycles. The zero-order chi connectivity index (χ0) is 27.7. The summed E-state index contributed by atoms with van der Waals surface area (Å²) in [6.45, 7) is 6.14. The van der Waals surface area contributed by atoms with E-state index in [4.69, 9.17) is 9.47 Å². The van der Waals surface area contributed by atoms with Gasteiger partial charge in [0.15, 0.2) is 17.4 Å². The first-order chi connectivity index (χ1) is 18.9. The SMILES string of the molecule is CNc1cnc(N2CCN(C(=O)c3cc4c(-c5ccccc5OC)cc(C(C)C)c(F)c4[nH]3)CC2)c(OC)c1. The number of hydrogen-bond donors (Lipinski definition) is 2. The van der Waals surface area contributed by atoms with Gasteiger partial charge in [0.1, 0.15) is 11.4 Å². The zero-order valence-corrected chi connectivity index (χ0v) is 23.0. The second-order valence-corrected chi connectivity index (χ2v) is 9.93. The second-order valence-electron chi connectivity index (χ2n) is 9.93. The molecule has 2 N–H and O–H groups in total. The molecule has 9 heteroatoms. The molecule has 1 amide bonds. The van der Waals surface area contributed by atoms with Gasteiger partial charge in [0, 0.05) is 50.2 Å². The number of aromatic nitrogens is 2. The summed E-state index contributed by atoms with van der Waals surface area (Å²) < 4.78 is 26.8. The standard InChI is InChI=1S/C30H34FN5O3/c1-18(2)21-15-22(20-8-6-7-9-25(20)38-4)23-16-24(34-28(23)27(21)31)30(37)36-12-10-35(11-13-36)29-26(39-5)14-19(32-3)17-33-29/h6-9,14-18,32,34H,10-13H2,1-5H3. The number of pyridine rings is 1. The second kappa shape index (κ2) is 10.8. The van der Waals surface area contributed by atoms with Crippen LogP contribution in [0, 0.1) is 5.82 Å². The number of nitrogens with one attached hydrogen (secondary N) is 2. The van der Waals surface area contributed by atoms with Crippen LogP contribution in [0.2, 0.25) is 0 Å². The predicted octanol–water partition coefficient (Wildman–Crippen LogP) is 5.51. The lowest BCUT2D eigenvalue weighted by atomic mass is 9.93. The van der Waals surface area contributed by atoms with Crippen LogP contribution in [0.25, 0.3) is 22.0 Å². The lowest BCUT2D eigenvalue weighted by Crippen LogP contribution is -2.49. The van der Waals surface area contributed by atoms with Gasteiger partial charge in [-0.25, -0.2) is 9.37 Å². The average Bonchev–Trinajstić information content (AvgIpc) is 3.43. The number of H-pyrrole nitrogens is 1. The molecule has 8 nitrogen and oxygen atoms in total. The maximum atomic E-state index is 15.7. The minimum atomic E-state index is -0.328. The monoisotopic (exact) mass is 531 g/mol. The minimum Gasteiger partial charge on any atom is -0.496 e. The Balaban J connectivity index is 1.45. The van der Waals surface area contributed by atoms with Crippen LogP contribution in [0.15, 0.2) is 48.7 Å². The molecule has 4 aromatic rings. The number of rotatable bonds is 7. The van der Waals surface area contributed by atoms with Crippen molar-refractivity contribution >= 4 is 28.3 Å². The van der Waals surface area contributed by atoms with Gasteiger partial charge >= 0.3 is 0 Å². The molecule has 1 saturated heterocycles. The Morgan fingerprint density at radius 3 is 2.41 bits per heavy atom. The highest BCUT2D eigenvalue weighted by Gasteiger charge is 2.27. The van der Waals surface area contributed by atoms with Crippen LogP contribution >= 0.6 is 0 Å². The number of benzene rings is 2. The van der Waals surface area contributed by atoms with E-state index in [2.05, 4.69) is 20.2 Å². The van der Waals surface area contributed by atoms with Gasteiger partial charge in [-0.05, 0) is 35.2 Å². The summed E-state index contributed by atoms with van der Waals surface area (Å²) in [5, 5.41) is 3.72. The van der Waals surface area contributed by atoms with Crippen LogP contribution in [0.5, 0.6) is 11.5 Å². The third kappa shape index (κ3) is 4.84. The number of methoxy groups -OCH3 is 2. The topological polar surface area (TPSA) is 82.7 Å². The fraction of sp³-hybridized carbons (Fsp3) is 0.333. The van der Waals surface area contributed by atoms with Crippen molar-refractivity contribution in [2.75, 3.05) is 57.7 Å². The molecule has 39 heavy (non-hydrogen) atoms. The van der Waals surface area contributed by atoms with Gasteiger partial charge in [-0.15, -0.1) is 0 Å². The number of carbonyl (C=O) groups excluding carboxylic acids is 1. The lowest BCUT2D eigenvalue weighted by Gasteiger charge is -2.35.